The Morgan fingerprint density at radius 2 is 2.50 bits per heavy atom. The molecule has 0 atom stereocenters. The lowest BCUT2D eigenvalue weighted by atomic mass is 10.2. The maximum atomic E-state index is 8.62. The minimum Gasteiger partial charge on any atom is -0.380 e. The highest BCUT2D eigenvalue weighted by Crippen LogP contribution is 2.13. The van der Waals surface area contributed by atoms with E-state index in [1.165, 1.54) is 6.20 Å². The number of rotatable bonds is 2. The minimum absolute atomic E-state index is 0.358. The number of hydrogen-bond acceptors (Lipinski definition) is 3. The lowest BCUT2D eigenvalue weighted by Gasteiger charge is -2.00. The second-order valence-corrected chi connectivity index (χ2v) is 2.64. The van der Waals surface area contributed by atoms with Gasteiger partial charge in [-0.15, -0.1) is 0 Å². The molecule has 1 aromatic rings. The summed E-state index contributed by atoms with van der Waals surface area (Å²) in [5, 5.41) is 9.14. The summed E-state index contributed by atoms with van der Waals surface area (Å²) < 4.78 is 4.88. The smallest absolute Gasteiger partial charge is 0.146 e. The molecule has 0 bridgehead atoms. The first-order chi connectivity index (χ1) is 5.77. The molecule has 0 unspecified atom stereocenters. The molecule has 0 aromatic carbocycles. The van der Waals surface area contributed by atoms with Crippen molar-refractivity contribution in [2.24, 2.45) is 0 Å². The minimum atomic E-state index is 0.358. The van der Waals surface area contributed by atoms with Crippen molar-refractivity contribution in [2.45, 2.75) is 6.61 Å². The molecule has 3 nitrogen and oxygen atoms in total. The molecule has 0 aliphatic heterocycles. The number of nitrogens with zero attached hydrogens (tertiary/aromatic N) is 2. The van der Waals surface area contributed by atoms with Gasteiger partial charge in [-0.25, -0.2) is 4.98 Å². The molecule has 12 heavy (non-hydrogen) atoms. The van der Waals surface area contributed by atoms with Crippen LogP contribution in [0.25, 0.3) is 0 Å². The first-order valence-electron chi connectivity index (χ1n) is 3.31. The second kappa shape index (κ2) is 4.05. The summed E-state index contributed by atoms with van der Waals surface area (Å²) in [7, 11) is 1.56. The molecule has 0 aliphatic rings. The van der Waals surface area contributed by atoms with E-state index < -0.39 is 0 Å². The summed E-state index contributed by atoms with van der Waals surface area (Å²) in [4.78, 5) is 3.84. The number of nitriles is 1. The van der Waals surface area contributed by atoms with E-state index in [0.29, 0.717) is 22.9 Å². The number of hydrogen-bond donors (Lipinski definition) is 0. The summed E-state index contributed by atoms with van der Waals surface area (Å²) in [6.45, 7) is 0.358. The fraction of sp³-hybridized carbons (Fsp3) is 0.250. The Hall–Kier alpha value is -1.11. The molecule has 0 spiro atoms. The average Bonchev–Trinajstić information content (AvgIpc) is 2.05. The van der Waals surface area contributed by atoms with Gasteiger partial charge in [0.15, 0.2) is 0 Å². The third kappa shape index (κ3) is 1.94. The quantitative estimate of drug-likeness (QED) is 0.700. The molecule has 0 saturated heterocycles. The van der Waals surface area contributed by atoms with Gasteiger partial charge in [0, 0.05) is 18.9 Å². The molecule has 1 heterocycles. The zero-order chi connectivity index (χ0) is 8.97. The molecule has 4 heteroatoms. The van der Waals surface area contributed by atoms with Crippen LogP contribution >= 0.6 is 11.6 Å². The van der Waals surface area contributed by atoms with Gasteiger partial charge in [0.25, 0.3) is 0 Å². The number of pyridine rings is 1. The topological polar surface area (TPSA) is 45.9 Å². The highest BCUT2D eigenvalue weighted by atomic mass is 35.5. The van der Waals surface area contributed by atoms with E-state index in [1.807, 2.05) is 6.07 Å². The van der Waals surface area contributed by atoms with Crippen LogP contribution in [-0.4, -0.2) is 12.1 Å². The van der Waals surface area contributed by atoms with Crippen LogP contribution in [0.15, 0.2) is 12.3 Å². The van der Waals surface area contributed by atoms with E-state index in [-0.39, 0.29) is 0 Å². The number of ether oxygens (including phenoxy) is 1. The van der Waals surface area contributed by atoms with Crippen LogP contribution in [0.1, 0.15) is 11.3 Å². The largest absolute Gasteiger partial charge is 0.380 e. The monoisotopic (exact) mass is 182 g/mol. The van der Waals surface area contributed by atoms with Gasteiger partial charge in [-0.1, -0.05) is 11.6 Å². The molecule has 0 fully saturated rings. The summed E-state index contributed by atoms with van der Waals surface area (Å²) in [6.07, 6.45) is 1.44. The number of halogens is 1. The van der Waals surface area contributed by atoms with Crippen LogP contribution in [0.3, 0.4) is 0 Å². The Balaban J connectivity index is 3.06. The molecule has 62 valence electrons. The summed E-state index contributed by atoms with van der Waals surface area (Å²) in [6, 6.07) is 3.64. The Bertz CT molecular complexity index is 319. The molecule has 1 rings (SSSR count). The van der Waals surface area contributed by atoms with E-state index in [0.717, 1.165) is 0 Å². The molecular formula is C8H7ClN2O. The predicted molar refractivity (Wildman–Crippen MR) is 44.7 cm³/mol. The average molecular weight is 183 g/mol. The van der Waals surface area contributed by atoms with Crippen LogP contribution in [-0.2, 0) is 11.3 Å². The first kappa shape index (κ1) is 8.98. The molecule has 0 radical (unpaired) electrons. The van der Waals surface area contributed by atoms with Gasteiger partial charge in [0.05, 0.1) is 11.6 Å². The Morgan fingerprint density at radius 3 is 3.08 bits per heavy atom. The van der Waals surface area contributed by atoms with Gasteiger partial charge in [-0.2, -0.15) is 5.26 Å². The van der Waals surface area contributed by atoms with Crippen LogP contribution in [0.2, 0.25) is 5.02 Å². The zero-order valence-electron chi connectivity index (χ0n) is 6.54. The highest BCUT2D eigenvalue weighted by Gasteiger charge is 2.02. The maximum absolute atomic E-state index is 8.62. The van der Waals surface area contributed by atoms with E-state index in [9.17, 15) is 0 Å². The van der Waals surface area contributed by atoms with Crippen molar-refractivity contribution in [1.82, 2.24) is 4.98 Å². The first-order valence-corrected chi connectivity index (χ1v) is 3.69. The van der Waals surface area contributed by atoms with Crippen LogP contribution in [0.5, 0.6) is 0 Å². The molecule has 0 saturated carbocycles. The zero-order valence-corrected chi connectivity index (χ0v) is 7.30. The molecule has 0 amide bonds. The molecular weight excluding hydrogens is 176 g/mol. The van der Waals surface area contributed by atoms with Crippen molar-refractivity contribution >= 4 is 11.6 Å². The second-order valence-electron chi connectivity index (χ2n) is 2.21. The lowest BCUT2D eigenvalue weighted by molar-refractivity contribution is 0.184. The fourth-order valence-corrected chi connectivity index (χ4v) is 1.03. The SMILES string of the molecule is COCc1cc(Cl)cnc1C#N. The normalized spacial score (nSPS) is 9.42. The Morgan fingerprint density at radius 1 is 1.75 bits per heavy atom. The number of methoxy groups -OCH3 is 1. The number of aromatic nitrogens is 1. The van der Waals surface area contributed by atoms with Crippen molar-refractivity contribution in [3.05, 3.63) is 28.5 Å². The van der Waals surface area contributed by atoms with Gasteiger partial charge < -0.3 is 4.74 Å². The van der Waals surface area contributed by atoms with Crippen LogP contribution in [0.4, 0.5) is 0 Å². The van der Waals surface area contributed by atoms with E-state index in [1.54, 1.807) is 13.2 Å². The summed E-state index contributed by atoms with van der Waals surface area (Å²) >= 11 is 5.68. The van der Waals surface area contributed by atoms with Crippen molar-refractivity contribution in [3.63, 3.8) is 0 Å². The van der Waals surface area contributed by atoms with Crippen LogP contribution < -0.4 is 0 Å². The predicted octanol–water partition coefficient (Wildman–Crippen LogP) is 1.75. The van der Waals surface area contributed by atoms with Gasteiger partial charge >= 0.3 is 0 Å². The standard InChI is InChI=1S/C8H7ClN2O/c1-12-5-6-2-7(9)4-11-8(6)3-10/h2,4H,5H2,1H3. The van der Waals surface area contributed by atoms with Gasteiger partial charge in [-0.3, -0.25) is 0 Å². The van der Waals surface area contributed by atoms with E-state index in [4.69, 9.17) is 21.6 Å². The molecule has 0 N–H and O–H groups in total. The maximum Gasteiger partial charge on any atom is 0.146 e. The van der Waals surface area contributed by atoms with Gasteiger partial charge in [0.1, 0.15) is 11.8 Å². The summed E-state index contributed by atoms with van der Waals surface area (Å²) in [5.74, 6) is 0. The lowest BCUT2D eigenvalue weighted by Crippen LogP contribution is -1.94. The molecule has 0 aliphatic carbocycles. The third-order valence-corrected chi connectivity index (χ3v) is 1.55. The summed E-state index contributed by atoms with van der Waals surface area (Å²) in [5.41, 5.74) is 1.08. The van der Waals surface area contributed by atoms with E-state index in [2.05, 4.69) is 4.98 Å². The van der Waals surface area contributed by atoms with Gasteiger partial charge in [0.2, 0.25) is 0 Å². The highest BCUT2D eigenvalue weighted by molar-refractivity contribution is 6.30. The van der Waals surface area contributed by atoms with Gasteiger partial charge in [-0.05, 0) is 6.07 Å². The molecule has 1 aromatic heterocycles. The van der Waals surface area contributed by atoms with Crippen molar-refractivity contribution in [2.75, 3.05) is 7.11 Å². The fourth-order valence-electron chi connectivity index (χ4n) is 0.847. The van der Waals surface area contributed by atoms with Crippen molar-refractivity contribution < 1.29 is 4.74 Å². The Kier molecular flexibility index (Phi) is 3.03. The van der Waals surface area contributed by atoms with Crippen molar-refractivity contribution in [1.29, 1.82) is 5.26 Å². The Labute approximate surface area is 75.6 Å². The third-order valence-electron chi connectivity index (χ3n) is 1.34. The van der Waals surface area contributed by atoms with E-state index >= 15 is 0 Å². The van der Waals surface area contributed by atoms with Crippen LogP contribution in [0, 0.1) is 11.3 Å². The van der Waals surface area contributed by atoms with Crippen molar-refractivity contribution in [3.8, 4) is 6.07 Å².